The largest absolute Gasteiger partial charge is 0.352 e. The molecule has 6 rings (SSSR count). The fourth-order valence-electron chi connectivity index (χ4n) is 6.40. The number of amides is 1. The second kappa shape index (κ2) is 5.82. The zero-order chi connectivity index (χ0) is 17.8. The molecule has 0 spiro atoms. The third-order valence-electron chi connectivity index (χ3n) is 7.17. The minimum Gasteiger partial charge on any atom is -0.352 e. The van der Waals surface area contributed by atoms with E-state index in [-0.39, 0.29) is 16.7 Å². The van der Waals surface area contributed by atoms with Gasteiger partial charge in [-0.15, -0.1) is 0 Å². The van der Waals surface area contributed by atoms with Gasteiger partial charge < -0.3 is 5.32 Å². The van der Waals surface area contributed by atoms with Gasteiger partial charge in [0.1, 0.15) is 0 Å². The van der Waals surface area contributed by atoms with Crippen molar-refractivity contribution >= 4 is 17.5 Å². The normalized spacial score (nSPS) is 34.2. The number of nitrogens with one attached hydrogen (secondary N) is 1. The molecule has 1 aromatic carbocycles. The van der Waals surface area contributed by atoms with E-state index in [2.05, 4.69) is 22.4 Å². The van der Waals surface area contributed by atoms with E-state index in [0.29, 0.717) is 18.4 Å². The molecule has 4 saturated carbocycles. The summed E-state index contributed by atoms with van der Waals surface area (Å²) in [5.41, 5.74) is 2.16. The van der Waals surface area contributed by atoms with Gasteiger partial charge in [0.2, 0.25) is 5.91 Å². The Labute approximate surface area is 159 Å². The van der Waals surface area contributed by atoms with E-state index < -0.39 is 0 Å². The van der Waals surface area contributed by atoms with Crippen LogP contribution in [0.4, 0.5) is 0 Å². The van der Waals surface area contributed by atoms with Crippen molar-refractivity contribution in [1.82, 2.24) is 10.3 Å². The van der Waals surface area contributed by atoms with Crippen LogP contribution >= 0.6 is 11.6 Å². The first-order valence-corrected chi connectivity index (χ1v) is 9.92. The third-order valence-corrected chi connectivity index (χ3v) is 7.42. The Morgan fingerprint density at radius 3 is 2.35 bits per heavy atom. The standard InChI is InChI=1S/C22H23ClN2O/c23-19-3-1-18(2-4-19)21-10-16-9-17(11-21)13-22(21,12-16)20(26)25-14-15-5-7-24-8-6-15/h1-8,16-17H,9-14H2,(H,25,26). The van der Waals surface area contributed by atoms with Crippen LogP contribution < -0.4 is 5.32 Å². The van der Waals surface area contributed by atoms with Gasteiger partial charge >= 0.3 is 0 Å². The predicted molar refractivity (Wildman–Crippen MR) is 102 cm³/mol. The number of pyridine rings is 1. The molecule has 4 aliphatic rings. The fraction of sp³-hybridized carbons (Fsp3) is 0.455. The molecular formula is C22H23ClN2O. The van der Waals surface area contributed by atoms with Crippen molar-refractivity contribution in [1.29, 1.82) is 0 Å². The number of hydrogen-bond donors (Lipinski definition) is 1. The van der Waals surface area contributed by atoms with Crippen LogP contribution in [0.2, 0.25) is 5.02 Å². The molecular weight excluding hydrogens is 344 g/mol. The highest BCUT2D eigenvalue weighted by atomic mass is 35.5. The summed E-state index contributed by atoms with van der Waals surface area (Å²) in [4.78, 5) is 17.5. The molecule has 134 valence electrons. The number of halogens is 1. The van der Waals surface area contributed by atoms with Crippen molar-refractivity contribution < 1.29 is 4.79 Å². The Kier molecular flexibility index (Phi) is 3.65. The van der Waals surface area contributed by atoms with Crippen molar-refractivity contribution in [2.24, 2.45) is 17.3 Å². The topological polar surface area (TPSA) is 42.0 Å². The Balaban J connectivity index is 1.47. The Hall–Kier alpha value is -1.87. The second-order valence-corrected chi connectivity index (χ2v) is 8.93. The molecule has 4 bridgehead atoms. The number of hydrogen-bond acceptors (Lipinski definition) is 2. The van der Waals surface area contributed by atoms with Crippen LogP contribution in [0.1, 0.15) is 43.2 Å². The number of nitrogens with zero attached hydrogens (tertiary/aromatic N) is 1. The molecule has 2 unspecified atom stereocenters. The summed E-state index contributed by atoms with van der Waals surface area (Å²) >= 11 is 6.13. The van der Waals surface area contributed by atoms with Gasteiger partial charge in [-0.1, -0.05) is 23.7 Å². The van der Waals surface area contributed by atoms with Crippen LogP contribution in [0, 0.1) is 17.3 Å². The van der Waals surface area contributed by atoms with E-state index in [1.807, 2.05) is 24.3 Å². The first-order valence-electron chi connectivity index (χ1n) is 9.55. The lowest BCUT2D eigenvalue weighted by molar-refractivity contribution is -0.134. The van der Waals surface area contributed by atoms with E-state index in [4.69, 9.17) is 11.6 Å². The van der Waals surface area contributed by atoms with Crippen LogP contribution in [-0.2, 0) is 16.8 Å². The zero-order valence-electron chi connectivity index (χ0n) is 14.7. The molecule has 2 atom stereocenters. The van der Waals surface area contributed by atoms with E-state index >= 15 is 0 Å². The van der Waals surface area contributed by atoms with E-state index in [1.165, 1.54) is 12.0 Å². The molecule has 0 radical (unpaired) electrons. The summed E-state index contributed by atoms with van der Waals surface area (Å²) in [6.07, 6.45) is 9.22. The Bertz CT molecular complexity index is 819. The Morgan fingerprint density at radius 2 is 1.69 bits per heavy atom. The molecule has 4 fully saturated rings. The fourth-order valence-corrected chi connectivity index (χ4v) is 6.53. The molecule has 3 nitrogen and oxygen atoms in total. The van der Waals surface area contributed by atoms with Gasteiger partial charge in [0.15, 0.2) is 0 Å². The van der Waals surface area contributed by atoms with Gasteiger partial charge in [0.25, 0.3) is 0 Å². The quantitative estimate of drug-likeness (QED) is 0.865. The molecule has 2 aromatic rings. The maximum atomic E-state index is 13.5. The SMILES string of the molecule is O=C(NCc1ccncc1)C12CC3CC(C1)CC2(c1ccc(Cl)cc1)C3. The summed E-state index contributed by atoms with van der Waals surface area (Å²) < 4.78 is 0. The van der Waals surface area contributed by atoms with Crippen LogP contribution in [0.25, 0.3) is 0 Å². The average molecular weight is 367 g/mol. The summed E-state index contributed by atoms with van der Waals surface area (Å²) in [6, 6.07) is 12.2. The number of rotatable bonds is 4. The highest BCUT2D eigenvalue weighted by molar-refractivity contribution is 6.30. The third kappa shape index (κ3) is 2.26. The van der Waals surface area contributed by atoms with Gasteiger partial charge in [-0.05, 0) is 79.3 Å². The van der Waals surface area contributed by atoms with Crippen LogP contribution in [-0.4, -0.2) is 10.9 Å². The average Bonchev–Trinajstić information content (AvgIpc) is 3.02. The highest BCUT2D eigenvalue weighted by Gasteiger charge is 2.70. The molecule has 1 N–H and O–H groups in total. The molecule has 4 heteroatoms. The van der Waals surface area contributed by atoms with Crippen molar-refractivity contribution in [3.05, 3.63) is 64.9 Å². The van der Waals surface area contributed by atoms with E-state index in [0.717, 1.165) is 36.3 Å². The number of carbonyl (C=O) groups is 1. The summed E-state index contributed by atoms with van der Waals surface area (Å²) in [6.45, 7) is 0.579. The van der Waals surface area contributed by atoms with Gasteiger partial charge in [0, 0.05) is 29.4 Å². The number of benzene rings is 1. The van der Waals surface area contributed by atoms with Gasteiger partial charge in [0.05, 0.1) is 5.41 Å². The predicted octanol–water partition coefficient (Wildman–Crippen LogP) is 4.50. The highest BCUT2D eigenvalue weighted by Crippen LogP contribution is 2.72. The smallest absolute Gasteiger partial charge is 0.227 e. The molecule has 1 amide bonds. The minimum absolute atomic E-state index is 0.00645. The maximum absolute atomic E-state index is 13.5. The lowest BCUT2D eigenvalue weighted by Gasteiger charge is -2.40. The lowest BCUT2D eigenvalue weighted by Crippen LogP contribution is -2.48. The van der Waals surface area contributed by atoms with Crippen LogP contribution in [0.3, 0.4) is 0 Å². The summed E-state index contributed by atoms with van der Waals surface area (Å²) in [7, 11) is 0. The van der Waals surface area contributed by atoms with Gasteiger partial charge in [-0.25, -0.2) is 0 Å². The minimum atomic E-state index is -0.249. The zero-order valence-corrected chi connectivity index (χ0v) is 15.5. The molecule has 26 heavy (non-hydrogen) atoms. The van der Waals surface area contributed by atoms with Crippen LogP contribution in [0.5, 0.6) is 0 Å². The lowest BCUT2D eigenvalue weighted by atomic mass is 9.63. The summed E-state index contributed by atoms with van der Waals surface area (Å²) in [5, 5.41) is 4.02. The molecule has 1 aromatic heterocycles. The monoisotopic (exact) mass is 366 g/mol. The molecule has 4 aliphatic carbocycles. The van der Waals surface area contributed by atoms with Crippen molar-refractivity contribution in [3.63, 3.8) is 0 Å². The van der Waals surface area contributed by atoms with Crippen molar-refractivity contribution in [3.8, 4) is 0 Å². The van der Waals surface area contributed by atoms with Crippen molar-refractivity contribution in [2.45, 2.75) is 44.1 Å². The summed E-state index contributed by atoms with van der Waals surface area (Å²) in [5.74, 6) is 1.61. The Morgan fingerprint density at radius 1 is 1.04 bits per heavy atom. The maximum Gasteiger partial charge on any atom is 0.227 e. The molecule has 0 aliphatic heterocycles. The number of carbonyl (C=O) groups excluding carboxylic acids is 1. The van der Waals surface area contributed by atoms with E-state index in [1.54, 1.807) is 12.4 Å². The first kappa shape index (κ1) is 16.3. The van der Waals surface area contributed by atoms with Crippen LogP contribution in [0.15, 0.2) is 48.8 Å². The van der Waals surface area contributed by atoms with Gasteiger partial charge in [-0.3, -0.25) is 9.78 Å². The van der Waals surface area contributed by atoms with E-state index in [9.17, 15) is 4.79 Å². The van der Waals surface area contributed by atoms with Crippen molar-refractivity contribution in [2.75, 3.05) is 0 Å². The molecule has 1 heterocycles. The molecule has 0 saturated heterocycles. The second-order valence-electron chi connectivity index (χ2n) is 8.49. The first-order chi connectivity index (χ1) is 12.6. The number of aromatic nitrogens is 1. The van der Waals surface area contributed by atoms with Gasteiger partial charge in [-0.2, -0.15) is 0 Å².